The number of benzene rings is 1. The van der Waals surface area contributed by atoms with Crippen molar-refractivity contribution < 1.29 is 0 Å². The van der Waals surface area contributed by atoms with Crippen LogP contribution in [0.1, 0.15) is 32.3 Å². The average molecular weight is 360 g/mol. The Morgan fingerprint density at radius 2 is 1.83 bits per heavy atom. The Hall–Kier alpha value is -0.130. The molecule has 0 unspecified atom stereocenters. The van der Waals surface area contributed by atoms with Crippen molar-refractivity contribution in [3.05, 3.63) is 33.4 Å². The molecule has 3 heteroatoms. The van der Waals surface area contributed by atoms with Crippen molar-refractivity contribution in [2.75, 3.05) is 20.1 Å². The van der Waals surface area contributed by atoms with Gasteiger partial charge in [-0.1, -0.05) is 12.1 Å². The highest BCUT2D eigenvalue weighted by Crippen LogP contribution is 2.06. The second-order valence-corrected chi connectivity index (χ2v) is 6.33. The van der Waals surface area contributed by atoms with Gasteiger partial charge >= 0.3 is 0 Å². The summed E-state index contributed by atoms with van der Waals surface area (Å²) >= 11 is 2.34. The fraction of sp³-hybridized carbons (Fsp3) is 0.600. The highest BCUT2D eigenvalue weighted by molar-refractivity contribution is 14.1. The molecule has 0 bridgehead atoms. The minimum atomic E-state index is 0.657. The molecule has 0 heterocycles. The average Bonchev–Trinajstić information content (AvgIpc) is 2.35. The van der Waals surface area contributed by atoms with Crippen LogP contribution in [0.2, 0.25) is 0 Å². The van der Waals surface area contributed by atoms with Crippen molar-refractivity contribution in [2.45, 2.75) is 39.3 Å². The standard InChI is InChI=1S/C15H25IN2/c1-13(2)18(3)11-5-4-10-17-12-14-6-8-15(16)9-7-14/h6-9,13,17H,4-5,10-12H2,1-3H3. The third-order valence-electron chi connectivity index (χ3n) is 3.24. The van der Waals surface area contributed by atoms with Crippen LogP contribution in [0.15, 0.2) is 24.3 Å². The third kappa shape index (κ3) is 6.71. The normalized spacial score (nSPS) is 11.4. The molecule has 0 aliphatic heterocycles. The van der Waals surface area contributed by atoms with E-state index in [1.54, 1.807) is 0 Å². The summed E-state index contributed by atoms with van der Waals surface area (Å²) in [4.78, 5) is 2.40. The molecule has 0 radical (unpaired) electrons. The lowest BCUT2D eigenvalue weighted by Crippen LogP contribution is -2.27. The van der Waals surface area contributed by atoms with E-state index in [9.17, 15) is 0 Å². The van der Waals surface area contributed by atoms with Crippen molar-refractivity contribution in [1.29, 1.82) is 0 Å². The summed E-state index contributed by atoms with van der Waals surface area (Å²) in [5.41, 5.74) is 1.37. The number of rotatable bonds is 8. The number of halogens is 1. The summed E-state index contributed by atoms with van der Waals surface area (Å²) < 4.78 is 1.30. The maximum Gasteiger partial charge on any atom is 0.0205 e. The summed E-state index contributed by atoms with van der Waals surface area (Å²) in [6.07, 6.45) is 2.52. The van der Waals surface area contributed by atoms with E-state index in [0.717, 1.165) is 13.1 Å². The molecule has 0 aliphatic rings. The lowest BCUT2D eigenvalue weighted by Gasteiger charge is -2.20. The molecule has 0 aliphatic carbocycles. The van der Waals surface area contributed by atoms with Crippen molar-refractivity contribution in [2.24, 2.45) is 0 Å². The van der Waals surface area contributed by atoms with Gasteiger partial charge in [0.1, 0.15) is 0 Å². The Bertz CT molecular complexity index is 322. The lowest BCUT2D eigenvalue weighted by atomic mass is 10.2. The molecule has 18 heavy (non-hydrogen) atoms. The second-order valence-electron chi connectivity index (χ2n) is 5.08. The molecular formula is C15H25IN2. The van der Waals surface area contributed by atoms with Crippen molar-refractivity contribution in [3.63, 3.8) is 0 Å². The van der Waals surface area contributed by atoms with E-state index in [1.807, 2.05) is 0 Å². The first kappa shape index (κ1) is 15.9. The van der Waals surface area contributed by atoms with Crippen LogP contribution in [0.4, 0.5) is 0 Å². The SMILES string of the molecule is CC(C)N(C)CCCCNCc1ccc(I)cc1. The van der Waals surface area contributed by atoms with Crippen LogP contribution in [0.3, 0.4) is 0 Å². The predicted molar refractivity (Wildman–Crippen MR) is 87.9 cm³/mol. The maximum absolute atomic E-state index is 3.50. The summed E-state index contributed by atoms with van der Waals surface area (Å²) in [5, 5.41) is 3.50. The van der Waals surface area contributed by atoms with E-state index in [2.05, 4.69) is 78.0 Å². The molecule has 0 saturated carbocycles. The number of nitrogens with one attached hydrogen (secondary N) is 1. The molecule has 0 spiro atoms. The molecule has 0 aromatic heterocycles. The van der Waals surface area contributed by atoms with Crippen LogP contribution in [-0.4, -0.2) is 31.1 Å². The van der Waals surface area contributed by atoms with E-state index in [4.69, 9.17) is 0 Å². The molecule has 1 N–H and O–H groups in total. The Kier molecular flexibility index (Phi) is 7.86. The maximum atomic E-state index is 3.50. The first-order valence-corrected chi connectivity index (χ1v) is 7.83. The Labute approximate surface area is 125 Å². The number of hydrogen-bond acceptors (Lipinski definition) is 2. The fourth-order valence-electron chi connectivity index (χ4n) is 1.70. The monoisotopic (exact) mass is 360 g/mol. The Balaban J connectivity index is 2.03. The van der Waals surface area contributed by atoms with Gasteiger partial charge in [-0.15, -0.1) is 0 Å². The van der Waals surface area contributed by atoms with Crippen LogP contribution in [-0.2, 0) is 6.54 Å². The van der Waals surface area contributed by atoms with Gasteiger partial charge in [-0.2, -0.15) is 0 Å². The Morgan fingerprint density at radius 1 is 1.17 bits per heavy atom. The second kappa shape index (κ2) is 8.88. The zero-order valence-electron chi connectivity index (χ0n) is 11.7. The minimum absolute atomic E-state index is 0.657. The number of hydrogen-bond donors (Lipinski definition) is 1. The number of nitrogens with zero attached hydrogens (tertiary/aromatic N) is 1. The molecular weight excluding hydrogens is 335 g/mol. The highest BCUT2D eigenvalue weighted by Gasteiger charge is 2.01. The van der Waals surface area contributed by atoms with Gasteiger partial charge in [-0.25, -0.2) is 0 Å². The molecule has 1 aromatic rings. The van der Waals surface area contributed by atoms with Crippen molar-refractivity contribution in [3.8, 4) is 0 Å². The zero-order chi connectivity index (χ0) is 13.4. The van der Waals surface area contributed by atoms with E-state index in [1.165, 1.54) is 28.5 Å². The van der Waals surface area contributed by atoms with Gasteiger partial charge < -0.3 is 10.2 Å². The van der Waals surface area contributed by atoms with Gasteiger partial charge in [0.15, 0.2) is 0 Å². The van der Waals surface area contributed by atoms with Crippen molar-refractivity contribution in [1.82, 2.24) is 10.2 Å². The molecule has 0 fully saturated rings. The molecule has 2 nitrogen and oxygen atoms in total. The zero-order valence-corrected chi connectivity index (χ0v) is 13.9. The van der Waals surface area contributed by atoms with Gasteiger partial charge in [-0.05, 0) is 87.1 Å². The van der Waals surface area contributed by atoms with Gasteiger partial charge in [0.2, 0.25) is 0 Å². The Morgan fingerprint density at radius 3 is 2.44 bits per heavy atom. The first-order valence-electron chi connectivity index (χ1n) is 6.75. The fourth-order valence-corrected chi connectivity index (χ4v) is 2.06. The van der Waals surface area contributed by atoms with E-state index < -0.39 is 0 Å². The van der Waals surface area contributed by atoms with Gasteiger partial charge in [0.25, 0.3) is 0 Å². The quantitative estimate of drug-likeness (QED) is 0.564. The third-order valence-corrected chi connectivity index (χ3v) is 3.96. The van der Waals surface area contributed by atoms with Gasteiger partial charge in [-0.3, -0.25) is 0 Å². The largest absolute Gasteiger partial charge is 0.313 e. The van der Waals surface area contributed by atoms with Crippen LogP contribution in [0.25, 0.3) is 0 Å². The molecule has 0 saturated heterocycles. The lowest BCUT2D eigenvalue weighted by molar-refractivity contribution is 0.268. The van der Waals surface area contributed by atoms with E-state index >= 15 is 0 Å². The minimum Gasteiger partial charge on any atom is -0.313 e. The predicted octanol–water partition coefficient (Wildman–Crippen LogP) is 3.50. The van der Waals surface area contributed by atoms with Gasteiger partial charge in [0, 0.05) is 16.2 Å². The van der Waals surface area contributed by atoms with E-state index in [0.29, 0.717) is 6.04 Å². The van der Waals surface area contributed by atoms with Gasteiger partial charge in [0.05, 0.1) is 0 Å². The highest BCUT2D eigenvalue weighted by atomic mass is 127. The van der Waals surface area contributed by atoms with Crippen molar-refractivity contribution >= 4 is 22.6 Å². The summed E-state index contributed by atoms with van der Waals surface area (Å²) in [6.45, 7) is 7.78. The van der Waals surface area contributed by atoms with Crippen LogP contribution >= 0.6 is 22.6 Å². The molecule has 102 valence electrons. The summed E-state index contributed by atoms with van der Waals surface area (Å²) in [7, 11) is 2.20. The smallest absolute Gasteiger partial charge is 0.0205 e. The summed E-state index contributed by atoms with van der Waals surface area (Å²) in [5.74, 6) is 0. The number of unbranched alkanes of at least 4 members (excludes halogenated alkanes) is 1. The topological polar surface area (TPSA) is 15.3 Å². The van der Waals surface area contributed by atoms with E-state index in [-0.39, 0.29) is 0 Å². The molecule has 0 atom stereocenters. The van der Waals surface area contributed by atoms with Crippen LogP contribution < -0.4 is 5.32 Å². The summed E-state index contributed by atoms with van der Waals surface area (Å²) in [6, 6.07) is 9.37. The molecule has 1 rings (SSSR count). The first-order chi connectivity index (χ1) is 8.59. The molecule has 1 aromatic carbocycles. The van der Waals surface area contributed by atoms with Crippen LogP contribution in [0.5, 0.6) is 0 Å². The molecule has 0 amide bonds. The van der Waals surface area contributed by atoms with Crippen LogP contribution in [0, 0.1) is 3.57 Å².